The van der Waals surface area contributed by atoms with Crippen LogP contribution in [0.25, 0.3) is 0 Å². The third-order valence-corrected chi connectivity index (χ3v) is 4.82. The van der Waals surface area contributed by atoms with Crippen LogP contribution in [0, 0.1) is 0 Å². The van der Waals surface area contributed by atoms with E-state index >= 15 is 0 Å². The molecule has 7 nitrogen and oxygen atoms in total. The summed E-state index contributed by atoms with van der Waals surface area (Å²) in [6.07, 6.45) is -2.63. The Morgan fingerprint density at radius 2 is 1.62 bits per heavy atom. The van der Waals surface area contributed by atoms with Gasteiger partial charge in [-0.15, -0.1) is 5.16 Å². The number of aliphatic hydroxyl groups excluding tert-OH is 1. The lowest BCUT2D eigenvalue weighted by Crippen LogP contribution is -2.51. The van der Waals surface area contributed by atoms with Crippen molar-refractivity contribution in [3.8, 4) is 0 Å². The van der Waals surface area contributed by atoms with Gasteiger partial charge in [-0.2, -0.15) is 0 Å². The SMILES string of the molecule is C=NOCC1(COCc2ccccc2)OC(OC)C(O)C1OCc1ccccc1. The molecule has 0 aliphatic carbocycles. The van der Waals surface area contributed by atoms with Gasteiger partial charge in [-0.25, -0.2) is 0 Å². The second kappa shape index (κ2) is 10.5. The summed E-state index contributed by atoms with van der Waals surface area (Å²) in [4.78, 5) is 5.21. The van der Waals surface area contributed by atoms with Crippen LogP contribution in [-0.4, -0.2) is 56.2 Å². The van der Waals surface area contributed by atoms with Crippen molar-refractivity contribution in [1.29, 1.82) is 0 Å². The van der Waals surface area contributed by atoms with E-state index in [2.05, 4.69) is 11.9 Å². The quantitative estimate of drug-likeness (QED) is 0.461. The molecule has 4 atom stereocenters. The molecule has 0 radical (unpaired) electrons. The smallest absolute Gasteiger partial charge is 0.186 e. The topological polar surface area (TPSA) is 78.7 Å². The highest BCUT2D eigenvalue weighted by molar-refractivity contribution is 5.21. The molecule has 1 fully saturated rings. The molecule has 0 bridgehead atoms. The fourth-order valence-electron chi connectivity index (χ4n) is 3.37. The maximum Gasteiger partial charge on any atom is 0.186 e. The molecule has 2 aromatic rings. The minimum atomic E-state index is -1.11. The molecule has 3 rings (SSSR count). The second-order valence-electron chi connectivity index (χ2n) is 6.88. The average Bonchev–Trinajstić information content (AvgIpc) is 3.03. The zero-order valence-corrected chi connectivity index (χ0v) is 16.5. The summed E-state index contributed by atoms with van der Waals surface area (Å²) < 4.78 is 23.3. The maximum atomic E-state index is 10.7. The third-order valence-electron chi connectivity index (χ3n) is 4.82. The number of hydrogen-bond acceptors (Lipinski definition) is 7. The van der Waals surface area contributed by atoms with E-state index in [9.17, 15) is 5.11 Å². The van der Waals surface area contributed by atoms with Crippen LogP contribution >= 0.6 is 0 Å². The number of oxime groups is 1. The monoisotopic (exact) mass is 401 g/mol. The van der Waals surface area contributed by atoms with Crippen molar-refractivity contribution in [2.24, 2.45) is 5.16 Å². The van der Waals surface area contributed by atoms with Gasteiger partial charge in [0.2, 0.25) is 0 Å². The molecule has 156 valence electrons. The van der Waals surface area contributed by atoms with Gasteiger partial charge in [-0.1, -0.05) is 60.7 Å². The van der Waals surface area contributed by atoms with Crippen molar-refractivity contribution < 1.29 is 28.9 Å². The fraction of sp³-hybridized carbons (Fsp3) is 0.409. The second-order valence-corrected chi connectivity index (χ2v) is 6.88. The summed E-state index contributed by atoms with van der Waals surface area (Å²) in [5.74, 6) is 0. The highest BCUT2D eigenvalue weighted by atomic mass is 16.7. The van der Waals surface area contributed by atoms with Gasteiger partial charge in [0.15, 0.2) is 18.5 Å². The normalized spacial score (nSPS) is 26.3. The van der Waals surface area contributed by atoms with Gasteiger partial charge in [0.05, 0.1) is 19.8 Å². The van der Waals surface area contributed by atoms with E-state index in [1.54, 1.807) is 0 Å². The van der Waals surface area contributed by atoms with Gasteiger partial charge < -0.3 is 28.9 Å². The molecule has 0 saturated carbocycles. The number of ether oxygens (including phenoxy) is 4. The van der Waals surface area contributed by atoms with Crippen molar-refractivity contribution in [2.45, 2.75) is 37.3 Å². The van der Waals surface area contributed by atoms with Crippen LogP contribution in [0.4, 0.5) is 0 Å². The number of aliphatic hydroxyl groups is 1. The number of hydrogen-bond donors (Lipinski definition) is 1. The van der Waals surface area contributed by atoms with Crippen molar-refractivity contribution in [3.05, 3.63) is 71.8 Å². The zero-order valence-electron chi connectivity index (χ0n) is 16.5. The molecule has 0 amide bonds. The standard InChI is InChI=1S/C22H27NO6/c1-23-28-16-22(15-26-13-17-9-5-3-6-10-17)20(19(24)21(25-2)29-22)27-14-18-11-7-4-8-12-18/h3-12,19-21,24H,1,13-16H2,2H3. The first-order chi connectivity index (χ1) is 14.2. The molecular formula is C22H27NO6. The molecule has 4 unspecified atom stereocenters. The molecule has 2 aromatic carbocycles. The highest BCUT2D eigenvalue weighted by Gasteiger charge is 2.57. The van der Waals surface area contributed by atoms with Crippen LogP contribution in [0.5, 0.6) is 0 Å². The van der Waals surface area contributed by atoms with E-state index in [0.717, 1.165) is 11.1 Å². The Labute approximate surface area is 170 Å². The molecule has 0 aromatic heterocycles. The Balaban J connectivity index is 1.74. The van der Waals surface area contributed by atoms with E-state index in [-0.39, 0.29) is 13.2 Å². The number of nitrogens with zero attached hydrogens (tertiary/aromatic N) is 1. The van der Waals surface area contributed by atoms with Crippen molar-refractivity contribution in [1.82, 2.24) is 0 Å². The molecule has 7 heteroatoms. The molecular weight excluding hydrogens is 374 g/mol. The minimum Gasteiger partial charge on any atom is -0.393 e. The highest BCUT2D eigenvalue weighted by Crippen LogP contribution is 2.36. The van der Waals surface area contributed by atoms with Gasteiger partial charge in [-0.05, 0) is 11.1 Å². The largest absolute Gasteiger partial charge is 0.393 e. The first kappa shape index (κ1) is 21.4. The summed E-state index contributed by atoms with van der Waals surface area (Å²) in [5, 5.41) is 14.2. The first-order valence-electron chi connectivity index (χ1n) is 9.42. The number of rotatable bonds is 11. The van der Waals surface area contributed by atoms with Gasteiger partial charge in [0, 0.05) is 13.8 Å². The Morgan fingerprint density at radius 3 is 2.21 bits per heavy atom. The first-order valence-corrected chi connectivity index (χ1v) is 9.42. The zero-order chi connectivity index (χ0) is 20.5. The van der Waals surface area contributed by atoms with Crippen molar-refractivity contribution in [2.75, 3.05) is 20.3 Å². The van der Waals surface area contributed by atoms with E-state index in [1.165, 1.54) is 7.11 Å². The predicted octanol–water partition coefficient (Wildman–Crippen LogP) is 2.52. The van der Waals surface area contributed by atoms with Crippen LogP contribution in [0.15, 0.2) is 65.8 Å². The van der Waals surface area contributed by atoms with Crippen LogP contribution in [0.3, 0.4) is 0 Å². The maximum absolute atomic E-state index is 10.7. The Hall–Kier alpha value is -2.29. The average molecular weight is 401 g/mol. The van der Waals surface area contributed by atoms with Crippen LogP contribution in [-0.2, 0) is 37.0 Å². The Kier molecular flexibility index (Phi) is 7.74. The van der Waals surface area contributed by atoms with Gasteiger partial charge >= 0.3 is 0 Å². The van der Waals surface area contributed by atoms with E-state index in [4.69, 9.17) is 23.8 Å². The molecule has 0 spiro atoms. The van der Waals surface area contributed by atoms with E-state index in [1.807, 2.05) is 60.7 Å². The Bertz CT molecular complexity index is 743. The number of methoxy groups -OCH3 is 1. The lowest BCUT2D eigenvalue weighted by Gasteiger charge is -2.33. The predicted molar refractivity (Wildman–Crippen MR) is 107 cm³/mol. The van der Waals surface area contributed by atoms with E-state index < -0.39 is 24.1 Å². The summed E-state index contributed by atoms with van der Waals surface area (Å²) >= 11 is 0. The lowest BCUT2D eigenvalue weighted by molar-refractivity contribution is -0.214. The molecule has 1 saturated heterocycles. The third kappa shape index (κ3) is 5.41. The van der Waals surface area contributed by atoms with Crippen molar-refractivity contribution >= 4 is 6.72 Å². The van der Waals surface area contributed by atoms with Crippen LogP contribution in [0.1, 0.15) is 11.1 Å². The minimum absolute atomic E-state index is 0.00165. The van der Waals surface area contributed by atoms with Gasteiger partial charge in [0.25, 0.3) is 0 Å². The summed E-state index contributed by atoms with van der Waals surface area (Å²) in [6, 6.07) is 19.5. The van der Waals surface area contributed by atoms with E-state index in [0.29, 0.717) is 13.2 Å². The fourth-order valence-corrected chi connectivity index (χ4v) is 3.37. The molecule has 1 N–H and O–H groups in total. The molecule has 1 heterocycles. The summed E-state index contributed by atoms with van der Waals surface area (Å²) in [6.45, 7) is 4.15. The lowest BCUT2D eigenvalue weighted by atomic mass is 9.96. The Morgan fingerprint density at radius 1 is 1.00 bits per heavy atom. The van der Waals surface area contributed by atoms with Gasteiger partial charge in [0.1, 0.15) is 12.2 Å². The number of benzene rings is 2. The van der Waals surface area contributed by atoms with Crippen LogP contribution < -0.4 is 0 Å². The molecule has 1 aliphatic heterocycles. The summed E-state index contributed by atoms with van der Waals surface area (Å²) in [5.41, 5.74) is 0.890. The van der Waals surface area contributed by atoms with Crippen LogP contribution in [0.2, 0.25) is 0 Å². The van der Waals surface area contributed by atoms with Crippen molar-refractivity contribution in [3.63, 3.8) is 0 Å². The summed E-state index contributed by atoms with van der Waals surface area (Å²) in [7, 11) is 1.47. The molecule has 29 heavy (non-hydrogen) atoms. The molecule has 1 aliphatic rings. The van der Waals surface area contributed by atoms with Gasteiger partial charge in [-0.3, -0.25) is 0 Å².